The third kappa shape index (κ3) is 2.42. The van der Waals surface area contributed by atoms with E-state index < -0.39 is 0 Å². The van der Waals surface area contributed by atoms with Crippen LogP contribution in [0.3, 0.4) is 0 Å². The zero-order valence-electron chi connectivity index (χ0n) is 14.1. The van der Waals surface area contributed by atoms with Crippen molar-refractivity contribution in [3.63, 3.8) is 0 Å². The highest BCUT2D eigenvalue weighted by molar-refractivity contribution is 5.90. The zero-order chi connectivity index (χ0) is 16.6. The van der Waals surface area contributed by atoms with E-state index in [1.54, 1.807) is 0 Å². The van der Waals surface area contributed by atoms with Crippen molar-refractivity contribution in [1.82, 2.24) is 14.8 Å². The molecule has 1 spiro atoms. The molecule has 2 aliphatic heterocycles. The van der Waals surface area contributed by atoms with E-state index in [1.165, 1.54) is 11.1 Å². The Balaban J connectivity index is 1.48. The Hall–Kier alpha value is -2.20. The maximum atomic E-state index is 12.7. The van der Waals surface area contributed by atoms with Gasteiger partial charge in [-0.05, 0) is 43.1 Å². The highest BCUT2D eigenvalue weighted by Crippen LogP contribution is 2.55. The molecule has 1 unspecified atom stereocenters. The SMILES string of the molecule is CN1C(=O)C2(CCN(Cc3cccnc3)CC2)C1c1ccccc1. The Labute approximate surface area is 143 Å². The summed E-state index contributed by atoms with van der Waals surface area (Å²) in [7, 11) is 1.94. The van der Waals surface area contributed by atoms with E-state index in [2.05, 4.69) is 40.2 Å². The molecule has 2 fully saturated rings. The summed E-state index contributed by atoms with van der Waals surface area (Å²) in [5.74, 6) is 0.317. The Morgan fingerprint density at radius 2 is 1.88 bits per heavy atom. The number of hydrogen-bond acceptors (Lipinski definition) is 3. The number of nitrogens with zero attached hydrogens (tertiary/aromatic N) is 3. The summed E-state index contributed by atoms with van der Waals surface area (Å²) in [6, 6.07) is 14.8. The van der Waals surface area contributed by atoms with Crippen molar-refractivity contribution in [2.45, 2.75) is 25.4 Å². The smallest absolute Gasteiger partial charge is 0.231 e. The summed E-state index contributed by atoms with van der Waals surface area (Å²) >= 11 is 0. The van der Waals surface area contributed by atoms with Crippen LogP contribution in [-0.4, -0.2) is 40.8 Å². The van der Waals surface area contributed by atoms with Crippen LogP contribution in [0.5, 0.6) is 0 Å². The molecule has 2 aliphatic rings. The van der Waals surface area contributed by atoms with Crippen LogP contribution in [0, 0.1) is 5.41 Å². The third-order valence-corrected chi connectivity index (χ3v) is 5.65. The maximum Gasteiger partial charge on any atom is 0.231 e. The first-order valence-electron chi connectivity index (χ1n) is 8.64. The van der Waals surface area contributed by atoms with Gasteiger partial charge in [-0.15, -0.1) is 0 Å². The van der Waals surface area contributed by atoms with Crippen LogP contribution in [0.4, 0.5) is 0 Å². The number of amides is 1. The minimum atomic E-state index is -0.193. The normalized spacial score (nSPS) is 23.3. The molecule has 0 N–H and O–H groups in total. The standard InChI is InChI=1S/C20H23N3O/c1-22-18(17-7-3-2-4-8-17)20(19(22)24)9-12-23(13-10-20)15-16-6-5-11-21-14-16/h2-8,11,14,18H,9-10,12-13,15H2,1H3. The van der Waals surface area contributed by atoms with Gasteiger partial charge >= 0.3 is 0 Å². The molecule has 4 rings (SSSR count). The van der Waals surface area contributed by atoms with E-state index >= 15 is 0 Å². The van der Waals surface area contributed by atoms with E-state index in [0.717, 1.165) is 32.5 Å². The average Bonchev–Trinajstić information content (AvgIpc) is 2.64. The molecule has 1 amide bonds. The number of carbonyl (C=O) groups excluding carboxylic acids is 1. The summed E-state index contributed by atoms with van der Waals surface area (Å²) in [5.41, 5.74) is 2.31. The Morgan fingerprint density at radius 3 is 2.54 bits per heavy atom. The molecule has 1 atom stereocenters. The van der Waals surface area contributed by atoms with Gasteiger partial charge in [0.05, 0.1) is 11.5 Å². The largest absolute Gasteiger partial charge is 0.337 e. The number of benzene rings is 1. The minimum absolute atomic E-state index is 0.193. The van der Waals surface area contributed by atoms with Gasteiger partial charge < -0.3 is 4.90 Å². The van der Waals surface area contributed by atoms with Gasteiger partial charge in [0, 0.05) is 26.0 Å². The first kappa shape index (κ1) is 15.3. The van der Waals surface area contributed by atoms with Crippen LogP contribution >= 0.6 is 0 Å². The van der Waals surface area contributed by atoms with Gasteiger partial charge in [0.2, 0.25) is 5.91 Å². The topological polar surface area (TPSA) is 36.4 Å². The highest BCUT2D eigenvalue weighted by Gasteiger charge is 2.59. The van der Waals surface area contributed by atoms with Crippen LogP contribution in [-0.2, 0) is 11.3 Å². The van der Waals surface area contributed by atoms with Crippen LogP contribution in [0.25, 0.3) is 0 Å². The molecule has 124 valence electrons. The Kier molecular flexibility index (Phi) is 3.85. The summed E-state index contributed by atoms with van der Waals surface area (Å²) in [6.45, 7) is 2.86. The highest BCUT2D eigenvalue weighted by atomic mass is 16.2. The molecule has 0 bridgehead atoms. The summed E-state index contributed by atoms with van der Waals surface area (Å²) in [6.07, 6.45) is 5.62. The fraction of sp³-hybridized carbons (Fsp3) is 0.400. The van der Waals surface area contributed by atoms with Crippen molar-refractivity contribution < 1.29 is 4.79 Å². The lowest BCUT2D eigenvalue weighted by molar-refractivity contribution is -0.176. The molecule has 0 radical (unpaired) electrons. The molecule has 4 heteroatoms. The number of likely N-dealkylation sites (tertiary alicyclic amines) is 2. The quantitative estimate of drug-likeness (QED) is 0.816. The van der Waals surface area contributed by atoms with E-state index in [4.69, 9.17) is 0 Å². The van der Waals surface area contributed by atoms with Gasteiger partial charge in [0.25, 0.3) is 0 Å². The van der Waals surface area contributed by atoms with Crippen LogP contribution in [0.1, 0.15) is 30.0 Å². The molecule has 1 aromatic carbocycles. The van der Waals surface area contributed by atoms with Crippen molar-refractivity contribution in [3.05, 3.63) is 66.0 Å². The lowest BCUT2D eigenvalue weighted by Gasteiger charge is -2.58. The molecule has 3 heterocycles. The molecule has 4 nitrogen and oxygen atoms in total. The summed E-state index contributed by atoms with van der Waals surface area (Å²) < 4.78 is 0. The van der Waals surface area contributed by atoms with Crippen molar-refractivity contribution in [3.8, 4) is 0 Å². The van der Waals surface area contributed by atoms with Crippen molar-refractivity contribution in [2.24, 2.45) is 5.41 Å². The molecule has 2 saturated heterocycles. The van der Waals surface area contributed by atoms with Crippen molar-refractivity contribution >= 4 is 5.91 Å². The Bertz CT molecular complexity index is 708. The lowest BCUT2D eigenvalue weighted by Crippen LogP contribution is -2.64. The van der Waals surface area contributed by atoms with Gasteiger partial charge in [-0.1, -0.05) is 36.4 Å². The summed E-state index contributed by atoms with van der Waals surface area (Å²) in [4.78, 5) is 21.2. The maximum absolute atomic E-state index is 12.7. The molecular weight excluding hydrogens is 298 g/mol. The first-order valence-corrected chi connectivity index (χ1v) is 8.64. The predicted molar refractivity (Wildman–Crippen MR) is 93.1 cm³/mol. The number of carbonyl (C=O) groups is 1. The molecular formula is C20H23N3O. The van der Waals surface area contributed by atoms with Crippen LogP contribution in [0.2, 0.25) is 0 Å². The van der Waals surface area contributed by atoms with Crippen molar-refractivity contribution in [2.75, 3.05) is 20.1 Å². The second-order valence-corrected chi connectivity index (χ2v) is 7.02. The Morgan fingerprint density at radius 1 is 1.12 bits per heavy atom. The number of aromatic nitrogens is 1. The number of β-lactam (4-membered cyclic amide) rings is 1. The van der Waals surface area contributed by atoms with Gasteiger partial charge in [-0.25, -0.2) is 0 Å². The number of rotatable bonds is 3. The molecule has 0 saturated carbocycles. The van der Waals surface area contributed by atoms with E-state index in [1.807, 2.05) is 36.5 Å². The van der Waals surface area contributed by atoms with E-state index in [-0.39, 0.29) is 11.5 Å². The number of hydrogen-bond donors (Lipinski definition) is 0. The molecule has 24 heavy (non-hydrogen) atoms. The fourth-order valence-electron chi connectivity index (χ4n) is 4.42. The summed E-state index contributed by atoms with van der Waals surface area (Å²) in [5, 5.41) is 0. The van der Waals surface area contributed by atoms with Gasteiger partial charge in [-0.3, -0.25) is 14.7 Å². The van der Waals surface area contributed by atoms with E-state index in [9.17, 15) is 4.79 Å². The van der Waals surface area contributed by atoms with Gasteiger partial charge in [0.15, 0.2) is 0 Å². The van der Waals surface area contributed by atoms with Gasteiger partial charge in [0.1, 0.15) is 0 Å². The van der Waals surface area contributed by atoms with Crippen LogP contribution < -0.4 is 0 Å². The number of pyridine rings is 1. The number of piperidine rings is 1. The molecule has 0 aliphatic carbocycles. The van der Waals surface area contributed by atoms with Crippen LogP contribution in [0.15, 0.2) is 54.9 Å². The van der Waals surface area contributed by atoms with Crippen molar-refractivity contribution in [1.29, 1.82) is 0 Å². The second kappa shape index (κ2) is 6.02. The average molecular weight is 321 g/mol. The fourth-order valence-corrected chi connectivity index (χ4v) is 4.42. The molecule has 2 aromatic rings. The predicted octanol–water partition coefficient (Wildman–Crippen LogP) is 2.88. The minimum Gasteiger partial charge on any atom is -0.337 e. The lowest BCUT2D eigenvalue weighted by atomic mass is 9.62. The third-order valence-electron chi connectivity index (χ3n) is 5.65. The zero-order valence-corrected chi connectivity index (χ0v) is 14.1. The first-order chi connectivity index (χ1) is 11.7. The second-order valence-electron chi connectivity index (χ2n) is 7.02. The monoisotopic (exact) mass is 321 g/mol. The van der Waals surface area contributed by atoms with Gasteiger partial charge in [-0.2, -0.15) is 0 Å². The van der Waals surface area contributed by atoms with E-state index in [0.29, 0.717) is 5.91 Å². The molecule has 1 aromatic heterocycles.